The summed E-state index contributed by atoms with van der Waals surface area (Å²) in [6.07, 6.45) is -2.25. The standard InChI is InChI=1S/C14H18F3NO3/c1-4-5-8-21-13(20)9(2)11-10(14(15,16)17)6-7-18(3)12(11)19/h6-7,9H,4-5,8H2,1-3H3. The van der Waals surface area contributed by atoms with E-state index < -0.39 is 34.7 Å². The van der Waals surface area contributed by atoms with E-state index in [-0.39, 0.29) is 6.61 Å². The third-order valence-corrected chi connectivity index (χ3v) is 3.14. The number of halogens is 3. The molecule has 1 atom stereocenters. The van der Waals surface area contributed by atoms with Crippen LogP contribution in [0.3, 0.4) is 0 Å². The number of hydrogen-bond acceptors (Lipinski definition) is 3. The predicted octanol–water partition coefficient (Wildman–Crippen LogP) is 2.85. The smallest absolute Gasteiger partial charge is 0.416 e. The lowest BCUT2D eigenvalue weighted by molar-refractivity contribution is -0.146. The Bertz CT molecular complexity index is 564. The average molecular weight is 305 g/mol. The van der Waals surface area contributed by atoms with Gasteiger partial charge in [-0.05, 0) is 19.4 Å². The minimum absolute atomic E-state index is 0.133. The predicted molar refractivity (Wildman–Crippen MR) is 71.0 cm³/mol. The van der Waals surface area contributed by atoms with Crippen molar-refractivity contribution in [3.63, 3.8) is 0 Å². The van der Waals surface area contributed by atoms with Gasteiger partial charge in [-0.15, -0.1) is 0 Å². The summed E-state index contributed by atoms with van der Waals surface area (Å²) in [5.74, 6) is -2.09. The lowest BCUT2D eigenvalue weighted by Gasteiger charge is -2.17. The van der Waals surface area contributed by atoms with E-state index in [0.29, 0.717) is 6.42 Å². The first-order valence-corrected chi connectivity index (χ1v) is 6.63. The summed E-state index contributed by atoms with van der Waals surface area (Å²) in [6.45, 7) is 3.28. The normalized spacial score (nSPS) is 13.0. The molecule has 0 saturated carbocycles. The number of alkyl halides is 3. The van der Waals surface area contributed by atoms with Crippen LogP contribution >= 0.6 is 0 Å². The van der Waals surface area contributed by atoms with Crippen molar-refractivity contribution >= 4 is 5.97 Å². The molecule has 0 saturated heterocycles. The molecule has 0 aliphatic rings. The summed E-state index contributed by atoms with van der Waals surface area (Å²) < 4.78 is 44.9. The quantitative estimate of drug-likeness (QED) is 0.621. The zero-order valence-corrected chi connectivity index (χ0v) is 12.2. The lowest BCUT2D eigenvalue weighted by atomic mass is 9.97. The van der Waals surface area contributed by atoms with Crippen LogP contribution in [0.1, 0.15) is 43.7 Å². The SMILES string of the molecule is CCCCOC(=O)C(C)c1c(C(F)(F)F)ccn(C)c1=O. The fraction of sp³-hybridized carbons (Fsp3) is 0.571. The topological polar surface area (TPSA) is 48.3 Å². The van der Waals surface area contributed by atoms with Crippen LogP contribution in [0.4, 0.5) is 13.2 Å². The Morgan fingerprint density at radius 2 is 2.05 bits per heavy atom. The van der Waals surface area contributed by atoms with Gasteiger partial charge in [0.2, 0.25) is 0 Å². The highest BCUT2D eigenvalue weighted by molar-refractivity contribution is 5.78. The molecule has 0 spiro atoms. The van der Waals surface area contributed by atoms with E-state index in [1.165, 1.54) is 14.0 Å². The van der Waals surface area contributed by atoms with Crippen LogP contribution in [0.25, 0.3) is 0 Å². The minimum Gasteiger partial charge on any atom is -0.465 e. The number of aryl methyl sites for hydroxylation is 1. The number of nitrogens with zero attached hydrogens (tertiary/aromatic N) is 1. The Labute approximate surface area is 120 Å². The molecule has 1 aromatic heterocycles. The van der Waals surface area contributed by atoms with E-state index in [4.69, 9.17) is 4.74 Å². The highest BCUT2D eigenvalue weighted by atomic mass is 19.4. The molecule has 1 unspecified atom stereocenters. The lowest BCUT2D eigenvalue weighted by Crippen LogP contribution is -2.30. The van der Waals surface area contributed by atoms with E-state index >= 15 is 0 Å². The van der Waals surface area contributed by atoms with Gasteiger partial charge in [-0.1, -0.05) is 13.3 Å². The Balaban J connectivity index is 3.19. The van der Waals surface area contributed by atoms with Gasteiger partial charge in [0.15, 0.2) is 0 Å². The molecule has 1 aromatic rings. The fourth-order valence-corrected chi connectivity index (χ4v) is 1.87. The van der Waals surface area contributed by atoms with Crippen LogP contribution in [0.2, 0.25) is 0 Å². The largest absolute Gasteiger partial charge is 0.465 e. The molecule has 0 radical (unpaired) electrons. The molecule has 0 amide bonds. The van der Waals surface area contributed by atoms with E-state index in [0.717, 1.165) is 23.3 Å². The van der Waals surface area contributed by atoms with Crippen molar-refractivity contribution in [2.45, 2.75) is 38.8 Å². The number of esters is 1. The van der Waals surface area contributed by atoms with Gasteiger partial charge in [0.25, 0.3) is 5.56 Å². The van der Waals surface area contributed by atoms with Crippen molar-refractivity contribution in [1.82, 2.24) is 4.57 Å². The van der Waals surface area contributed by atoms with E-state index in [1.54, 1.807) is 0 Å². The van der Waals surface area contributed by atoms with Crippen molar-refractivity contribution in [1.29, 1.82) is 0 Å². The number of carbonyl (C=O) groups excluding carboxylic acids is 1. The summed E-state index contributed by atoms with van der Waals surface area (Å²) in [7, 11) is 1.33. The molecule has 0 N–H and O–H groups in total. The highest BCUT2D eigenvalue weighted by Crippen LogP contribution is 2.33. The van der Waals surface area contributed by atoms with Crippen molar-refractivity contribution in [3.8, 4) is 0 Å². The first-order valence-electron chi connectivity index (χ1n) is 6.63. The number of hydrogen-bond donors (Lipinski definition) is 0. The molecule has 0 aromatic carbocycles. The minimum atomic E-state index is -4.69. The molecule has 1 rings (SSSR count). The molecule has 7 heteroatoms. The molecule has 4 nitrogen and oxygen atoms in total. The second-order valence-corrected chi connectivity index (χ2v) is 4.80. The van der Waals surface area contributed by atoms with Crippen LogP contribution < -0.4 is 5.56 Å². The van der Waals surface area contributed by atoms with Crippen molar-refractivity contribution in [3.05, 3.63) is 33.7 Å². The van der Waals surface area contributed by atoms with Gasteiger partial charge in [0, 0.05) is 18.8 Å². The summed E-state index contributed by atoms with van der Waals surface area (Å²) in [5, 5.41) is 0. The second kappa shape index (κ2) is 6.78. The summed E-state index contributed by atoms with van der Waals surface area (Å²) in [5.41, 5.74) is -2.51. The van der Waals surface area contributed by atoms with Crippen LogP contribution in [-0.2, 0) is 22.8 Å². The zero-order valence-electron chi connectivity index (χ0n) is 12.2. The van der Waals surface area contributed by atoms with Crippen LogP contribution in [0.15, 0.2) is 17.1 Å². The zero-order chi connectivity index (χ0) is 16.2. The molecule has 1 heterocycles. The maximum absolute atomic E-state index is 13.0. The Morgan fingerprint density at radius 1 is 1.43 bits per heavy atom. The average Bonchev–Trinajstić information content (AvgIpc) is 2.39. The number of unbranched alkanes of at least 4 members (excludes halogenated alkanes) is 1. The maximum atomic E-state index is 13.0. The Hall–Kier alpha value is -1.79. The van der Waals surface area contributed by atoms with E-state index in [2.05, 4.69) is 0 Å². The summed E-state index contributed by atoms with van der Waals surface area (Å²) in [4.78, 5) is 23.8. The van der Waals surface area contributed by atoms with Crippen molar-refractivity contribution in [2.75, 3.05) is 6.61 Å². The van der Waals surface area contributed by atoms with Gasteiger partial charge < -0.3 is 9.30 Å². The van der Waals surface area contributed by atoms with Gasteiger partial charge in [0.1, 0.15) is 0 Å². The molecular weight excluding hydrogens is 287 g/mol. The third-order valence-electron chi connectivity index (χ3n) is 3.14. The van der Waals surface area contributed by atoms with Crippen LogP contribution in [0.5, 0.6) is 0 Å². The number of aromatic nitrogens is 1. The molecular formula is C14H18F3NO3. The Morgan fingerprint density at radius 3 is 2.57 bits per heavy atom. The highest BCUT2D eigenvalue weighted by Gasteiger charge is 2.38. The third kappa shape index (κ3) is 4.09. The van der Waals surface area contributed by atoms with Crippen molar-refractivity contribution in [2.24, 2.45) is 7.05 Å². The van der Waals surface area contributed by atoms with E-state index in [1.807, 2.05) is 6.92 Å². The monoisotopic (exact) mass is 305 g/mol. The fourth-order valence-electron chi connectivity index (χ4n) is 1.87. The molecule has 118 valence electrons. The first kappa shape index (κ1) is 17.3. The van der Waals surface area contributed by atoms with Crippen LogP contribution in [-0.4, -0.2) is 17.1 Å². The summed E-state index contributed by atoms with van der Waals surface area (Å²) >= 11 is 0. The van der Waals surface area contributed by atoms with Gasteiger partial charge in [0.05, 0.1) is 18.1 Å². The first-order chi connectivity index (χ1) is 9.70. The van der Waals surface area contributed by atoms with Gasteiger partial charge in [-0.3, -0.25) is 9.59 Å². The number of rotatable bonds is 5. The van der Waals surface area contributed by atoms with E-state index in [9.17, 15) is 22.8 Å². The van der Waals surface area contributed by atoms with Gasteiger partial charge in [-0.25, -0.2) is 0 Å². The van der Waals surface area contributed by atoms with Crippen molar-refractivity contribution < 1.29 is 22.7 Å². The number of pyridine rings is 1. The molecule has 0 bridgehead atoms. The molecule has 0 aliphatic heterocycles. The van der Waals surface area contributed by atoms with Gasteiger partial charge in [-0.2, -0.15) is 13.2 Å². The number of ether oxygens (including phenoxy) is 1. The second-order valence-electron chi connectivity index (χ2n) is 4.80. The number of carbonyl (C=O) groups is 1. The van der Waals surface area contributed by atoms with Crippen LogP contribution in [0, 0.1) is 0 Å². The maximum Gasteiger partial charge on any atom is 0.416 e. The molecule has 0 fully saturated rings. The Kier molecular flexibility index (Phi) is 5.57. The van der Waals surface area contributed by atoms with Gasteiger partial charge >= 0.3 is 12.1 Å². The summed E-state index contributed by atoms with van der Waals surface area (Å²) in [6, 6.07) is 0.798. The molecule has 0 aliphatic carbocycles. The molecule has 21 heavy (non-hydrogen) atoms.